The topological polar surface area (TPSA) is 55.1 Å². The minimum absolute atomic E-state index is 0.0244. The lowest BCUT2D eigenvalue weighted by molar-refractivity contribution is -0.120. The molecular weight excluding hydrogens is 308 g/mol. The van der Waals surface area contributed by atoms with Gasteiger partial charge in [-0.15, -0.1) is 11.3 Å². The highest BCUT2D eigenvalue weighted by Crippen LogP contribution is 2.28. The fourth-order valence-electron chi connectivity index (χ4n) is 2.22. The van der Waals surface area contributed by atoms with E-state index in [0.29, 0.717) is 13.0 Å². The normalized spacial score (nSPS) is 10.7. The van der Waals surface area contributed by atoms with Crippen molar-refractivity contribution in [3.05, 3.63) is 64.6 Å². The molecule has 1 aromatic carbocycles. The molecule has 0 radical (unpaired) electrons. The molecule has 0 spiro atoms. The lowest BCUT2D eigenvalue weighted by Gasteiger charge is -2.02. The van der Waals surface area contributed by atoms with Gasteiger partial charge in [-0.2, -0.15) is 0 Å². The van der Waals surface area contributed by atoms with Gasteiger partial charge in [-0.3, -0.25) is 4.79 Å². The van der Waals surface area contributed by atoms with Crippen molar-refractivity contribution in [3.63, 3.8) is 0 Å². The fourth-order valence-corrected chi connectivity index (χ4v) is 3.29. The molecule has 4 nitrogen and oxygen atoms in total. The molecule has 5 heteroatoms. The van der Waals surface area contributed by atoms with Gasteiger partial charge in [0, 0.05) is 10.4 Å². The molecule has 0 unspecified atom stereocenters. The van der Waals surface area contributed by atoms with Crippen molar-refractivity contribution in [1.29, 1.82) is 0 Å². The molecule has 1 amide bonds. The third-order valence-electron chi connectivity index (χ3n) is 3.55. The Morgan fingerprint density at radius 3 is 2.70 bits per heavy atom. The summed E-state index contributed by atoms with van der Waals surface area (Å²) in [5.41, 5.74) is 3.23. The average Bonchev–Trinajstić information content (AvgIpc) is 3.17. The molecule has 0 saturated carbocycles. The average molecular weight is 326 g/mol. The minimum Gasteiger partial charge on any atom is -0.467 e. The van der Waals surface area contributed by atoms with Crippen LogP contribution in [-0.2, 0) is 17.8 Å². The third-order valence-corrected chi connectivity index (χ3v) is 4.76. The van der Waals surface area contributed by atoms with E-state index in [9.17, 15) is 4.79 Å². The van der Waals surface area contributed by atoms with Gasteiger partial charge in [0.15, 0.2) is 0 Å². The van der Waals surface area contributed by atoms with Crippen molar-refractivity contribution in [2.45, 2.75) is 26.8 Å². The molecular formula is C18H18N2O2S. The van der Waals surface area contributed by atoms with Crippen LogP contribution in [0.2, 0.25) is 0 Å². The molecule has 1 N–H and O–H groups in total. The van der Waals surface area contributed by atoms with Crippen LogP contribution in [0.5, 0.6) is 0 Å². The molecule has 0 aliphatic rings. The van der Waals surface area contributed by atoms with Crippen molar-refractivity contribution in [1.82, 2.24) is 10.3 Å². The lowest BCUT2D eigenvalue weighted by atomic mass is 10.2. The van der Waals surface area contributed by atoms with E-state index in [2.05, 4.69) is 41.5 Å². The Kier molecular flexibility index (Phi) is 4.57. The highest BCUT2D eigenvalue weighted by Gasteiger charge is 2.13. The molecule has 0 atom stereocenters. The van der Waals surface area contributed by atoms with Gasteiger partial charge < -0.3 is 9.73 Å². The first-order chi connectivity index (χ1) is 11.1. The van der Waals surface area contributed by atoms with Crippen LogP contribution in [0.4, 0.5) is 0 Å². The highest BCUT2D eigenvalue weighted by atomic mass is 32.1. The quantitative estimate of drug-likeness (QED) is 0.774. The van der Waals surface area contributed by atoms with E-state index < -0.39 is 0 Å². The van der Waals surface area contributed by atoms with E-state index in [4.69, 9.17) is 4.42 Å². The van der Waals surface area contributed by atoms with Crippen molar-refractivity contribution >= 4 is 17.2 Å². The molecule has 3 aromatic rings. The standard InChI is InChI=1S/C18H18N2O2S/c1-12-5-7-14(8-6-12)18-20-13(2)16(23-18)10-17(21)19-11-15-4-3-9-22-15/h3-9H,10-11H2,1-2H3,(H,19,21). The van der Waals surface area contributed by atoms with Crippen molar-refractivity contribution < 1.29 is 9.21 Å². The van der Waals surface area contributed by atoms with E-state index >= 15 is 0 Å². The predicted molar refractivity (Wildman–Crippen MR) is 91.3 cm³/mol. The third kappa shape index (κ3) is 3.87. The number of carbonyl (C=O) groups is 1. The second kappa shape index (κ2) is 6.79. The summed E-state index contributed by atoms with van der Waals surface area (Å²) < 4.78 is 5.20. The van der Waals surface area contributed by atoms with Crippen LogP contribution in [0.15, 0.2) is 47.1 Å². The SMILES string of the molecule is Cc1ccc(-c2nc(C)c(CC(=O)NCc3ccco3)s2)cc1. The second-order valence-electron chi connectivity index (χ2n) is 5.43. The molecule has 0 bridgehead atoms. The predicted octanol–water partition coefficient (Wildman–Crippen LogP) is 3.88. The highest BCUT2D eigenvalue weighted by molar-refractivity contribution is 7.15. The Labute approximate surface area is 139 Å². The summed E-state index contributed by atoms with van der Waals surface area (Å²) in [6.07, 6.45) is 1.94. The number of nitrogens with one attached hydrogen (secondary N) is 1. The lowest BCUT2D eigenvalue weighted by Crippen LogP contribution is -2.24. The Balaban J connectivity index is 1.66. The van der Waals surface area contributed by atoms with Gasteiger partial charge in [0.1, 0.15) is 10.8 Å². The van der Waals surface area contributed by atoms with Crippen LogP contribution >= 0.6 is 11.3 Å². The summed E-state index contributed by atoms with van der Waals surface area (Å²) in [5.74, 6) is 0.725. The Morgan fingerprint density at radius 1 is 1.22 bits per heavy atom. The number of aromatic nitrogens is 1. The smallest absolute Gasteiger partial charge is 0.225 e. The number of benzene rings is 1. The number of aryl methyl sites for hydroxylation is 2. The van der Waals surface area contributed by atoms with Crippen LogP contribution in [0.1, 0.15) is 21.9 Å². The molecule has 2 aromatic heterocycles. The number of carbonyl (C=O) groups excluding carboxylic acids is 1. The molecule has 0 aliphatic carbocycles. The van der Waals surface area contributed by atoms with Crippen LogP contribution in [0, 0.1) is 13.8 Å². The first kappa shape index (κ1) is 15.5. The van der Waals surface area contributed by atoms with Gasteiger partial charge in [0.2, 0.25) is 5.91 Å². The summed E-state index contributed by atoms with van der Waals surface area (Å²) in [6, 6.07) is 11.9. The maximum atomic E-state index is 12.1. The molecule has 0 fully saturated rings. The fraction of sp³-hybridized carbons (Fsp3) is 0.222. The number of nitrogens with zero attached hydrogens (tertiary/aromatic N) is 1. The number of hydrogen-bond acceptors (Lipinski definition) is 4. The summed E-state index contributed by atoms with van der Waals surface area (Å²) in [6.45, 7) is 4.42. The van der Waals surface area contributed by atoms with Crippen LogP contribution < -0.4 is 5.32 Å². The van der Waals surface area contributed by atoms with Gasteiger partial charge in [-0.1, -0.05) is 29.8 Å². The summed E-state index contributed by atoms with van der Waals surface area (Å²) >= 11 is 1.57. The summed E-state index contributed by atoms with van der Waals surface area (Å²) in [7, 11) is 0. The monoisotopic (exact) mass is 326 g/mol. The first-order valence-corrected chi connectivity index (χ1v) is 8.26. The second-order valence-corrected chi connectivity index (χ2v) is 6.51. The molecule has 118 valence electrons. The molecule has 2 heterocycles. The van der Waals surface area contributed by atoms with Gasteiger partial charge in [-0.05, 0) is 26.0 Å². The largest absolute Gasteiger partial charge is 0.467 e. The van der Waals surface area contributed by atoms with E-state index in [1.54, 1.807) is 17.6 Å². The number of hydrogen-bond donors (Lipinski definition) is 1. The minimum atomic E-state index is -0.0244. The number of rotatable bonds is 5. The van der Waals surface area contributed by atoms with Gasteiger partial charge in [0.05, 0.1) is 24.9 Å². The van der Waals surface area contributed by atoms with E-state index in [-0.39, 0.29) is 5.91 Å². The zero-order valence-corrected chi connectivity index (χ0v) is 13.9. The van der Waals surface area contributed by atoms with E-state index in [0.717, 1.165) is 26.9 Å². The summed E-state index contributed by atoms with van der Waals surface area (Å²) in [5, 5.41) is 3.82. The Morgan fingerprint density at radius 2 is 2.00 bits per heavy atom. The number of furan rings is 1. The van der Waals surface area contributed by atoms with Crippen LogP contribution in [0.3, 0.4) is 0 Å². The van der Waals surface area contributed by atoms with Crippen molar-refractivity contribution in [3.8, 4) is 10.6 Å². The van der Waals surface area contributed by atoms with E-state index in [1.807, 2.05) is 19.1 Å². The molecule has 0 saturated heterocycles. The molecule has 0 aliphatic heterocycles. The Bertz CT molecular complexity index is 789. The van der Waals surface area contributed by atoms with Crippen LogP contribution in [-0.4, -0.2) is 10.9 Å². The van der Waals surface area contributed by atoms with E-state index in [1.165, 1.54) is 5.56 Å². The Hall–Kier alpha value is -2.40. The van der Waals surface area contributed by atoms with Crippen LogP contribution in [0.25, 0.3) is 10.6 Å². The zero-order chi connectivity index (χ0) is 16.2. The van der Waals surface area contributed by atoms with Crippen molar-refractivity contribution in [2.24, 2.45) is 0 Å². The van der Waals surface area contributed by atoms with Crippen molar-refractivity contribution in [2.75, 3.05) is 0 Å². The number of amides is 1. The van der Waals surface area contributed by atoms with Gasteiger partial charge >= 0.3 is 0 Å². The molecule has 3 rings (SSSR count). The van der Waals surface area contributed by atoms with Gasteiger partial charge in [-0.25, -0.2) is 4.98 Å². The first-order valence-electron chi connectivity index (χ1n) is 7.44. The van der Waals surface area contributed by atoms with Gasteiger partial charge in [0.25, 0.3) is 0 Å². The molecule has 23 heavy (non-hydrogen) atoms. The maximum absolute atomic E-state index is 12.1. The maximum Gasteiger partial charge on any atom is 0.225 e. The number of thiazole rings is 1. The summed E-state index contributed by atoms with van der Waals surface area (Å²) in [4.78, 5) is 17.7. The zero-order valence-electron chi connectivity index (χ0n) is 13.1.